The number of hydrogen-bond acceptors (Lipinski definition) is 4. The van der Waals surface area contributed by atoms with Crippen molar-refractivity contribution in [3.8, 4) is 11.5 Å². The molecule has 0 spiro atoms. The Morgan fingerprint density at radius 1 is 1.05 bits per heavy atom. The van der Waals surface area contributed by atoms with Gasteiger partial charge in [0.05, 0.1) is 25.0 Å². The maximum Gasteiger partial charge on any atom is 0.123 e. The third-order valence-corrected chi connectivity index (χ3v) is 4.65. The van der Waals surface area contributed by atoms with E-state index in [2.05, 4.69) is 5.32 Å². The highest BCUT2D eigenvalue weighted by Crippen LogP contribution is 2.23. The van der Waals surface area contributed by atoms with Gasteiger partial charge in [-0.25, -0.2) is 0 Å². The molecule has 0 aliphatic carbocycles. The SMILES string of the molecule is COc1ccc(OC)c(CNCCS(=O)c2ccccc2)c1. The molecular formula is C17H21NO3S. The van der Waals surface area contributed by atoms with E-state index in [0.717, 1.165) is 22.0 Å². The standard InChI is InChI=1S/C17H21NO3S/c1-20-15-8-9-17(21-2)14(12-15)13-18-10-11-22(19)16-6-4-3-5-7-16/h3-9,12,18H,10-11,13H2,1-2H3. The number of nitrogens with one attached hydrogen (secondary N) is 1. The fraction of sp³-hybridized carbons (Fsp3) is 0.294. The van der Waals surface area contributed by atoms with E-state index in [-0.39, 0.29) is 0 Å². The van der Waals surface area contributed by atoms with Crippen LogP contribution in [0.15, 0.2) is 53.4 Å². The van der Waals surface area contributed by atoms with Crippen LogP contribution in [0.25, 0.3) is 0 Å². The van der Waals surface area contributed by atoms with Gasteiger partial charge in [0.2, 0.25) is 0 Å². The summed E-state index contributed by atoms with van der Waals surface area (Å²) >= 11 is 0. The Hall–Kier alpha value is -1.85. The van der Waals surface area contributed by atoms with Crippen LogP contribution in [0.4, 0.5) is 0 Å². The lowest BCUT2D eigenvalue weighted by molar-refractivity contribution is 0.397. The average molecular weight is 319 g/mol. The molecule has 5 heteroatoms. The van der Waals surface area contributed by atoms with Gasteiger partial charge in [0.25, 0.3) is 0 Å². The first-order chi connectivity index (χ1) is 10.7. The van der Waals surface area contributed by atoms with Crippen molar-refractivity contribution in [2.24, 2.45) is 0 Å². The Labute approximate surface area is 133 Å². The number of methoxy groups -OCH3 is 2. The average Bonchev–Trinajstić information content (AvgIpc) is 2.59. The van der Waals surface area contributed by atoms with Crippen LogP contribution in [0, 0.1) is 0 Å². The van der Waals surface area contributed by atoms with Gasteiger partial charge in [0.15, 0.2) is 0 Å². The molecule has 0 amide bonds. The fourth-order valence-corrected chi connectivity index (χ4v) is 3.12. The molecule has 0 radical (unpaired) electrons. The highest BCUT2D eigenvalue weighted by Gasteiger charge is 2.06. The predicted octanol–water partition coefficient (Wildman–Crippen LogP) is 2.60. The molecule has 0 heterocycles. The normalized spacial score (nSPS) is 11.9. The van der Waals surface area contributed by atoms with Crippen molar-refractivity contribution in [3.05, 3.63) is 54.1 Å². The third-order valence-electron chi connectivity index (χ3n) is 3.27. The van der Waals surface area contributed by atoms with E-state index in [1.807, 2.05) is 48.5 Å². The predicted molar refractivity (Wildman–Crippen MR) is 89.0 cm³/mol. The van der Waals surface area contributed by atoms with Gasteiger partial charge in [0, 0.05) is 29.3 Å². The minimum atomic E-state index is -0.973. The van der Waals surface area contributed by atoms with Crippen LogP contribution in [0.3, 0.4) is 0 Å². The molecule has 0 saturated carbocycles. The smallest absolute Gasteiger partial charge is 0.123 e. The van der Waals surface area contributed by atoms with Crippen molar-refractivity contribution in [1.29, 1.82) is 0 Å². The zero-order valence-corrected chi connectivity index (χ0v) is 13.7. The summed E-state index contributed by atoms with van der Waals surface area (Å²) in [6.07, 6.45) is 0. The number of rotatable bonds is 8. The Kier molecular flexibility index (Phi) is 6.43. The van der Waals surface area contributed by atoms with Gasteiger partial charge in [-0.05, 0) is 30.3 Å². The van der Waals surface area contributed by atoms with Gasteiger partial charge >= 0.3 is 0 Å². The summed E-state index contributed by atoms with van der Waals surface area (Å²) in [5.41, 5.74) is 1.02. The summed E-state index contributed by atoms with van der Waals surface area (Å²) in [6.45, 7) is 1.31. The van der Waals surface area contributed by atoms with Crippen LogP contribution in [0.5, 0.6) is 11.5 Å². The molecule has 0 saturated heterocycles. The third kappa shape index (κ3) is 4.58. The van der Waals surface area contributed by atoms with Crippen molar-refractivity contribution in [2.45, 2.75) is 11.4 Å². The first-order valence-corrected chi connectivity index (χ1v) is 8.41. The second-order valence-electron chi connectivity index (χ2n) is 4.72. The fourth-order valence-electron chi connectivity index (χ4n) is 2.10. The van der Waals surface area contributed by atoms with Crippen LogP contribution in [-0.2, 0) is 17.3 Å². The molecule has 0 fully saturated rings. The van der Waals surface area contributed by atoms with Gasteiger partial charge in [-0.3, -0.25) is 4.21 Å². The van der Waals surface area contributed by atoms with Crippen LogP contribution < -0.4 is 14.8 Å². The zero-order valence-electron chi connectivity index (χ0n) is 12.9. The summed E-state index contributed by atoms with van der Waals surface area (Å²) in [7, 11) is 2.32. The Balaban J connectivity index is 1.85. The van der Waals surface area contributed by atoms with Gasteiger partial charge in [-0.15, -0.1) is 0 Å². The Bertz CT molecular complexity index is 617. The quantitative estimate of drug-likeness (QED) is 0.760. The van der Waals surface area contributed by atoms with E-state index in [1.165, 1.54) is 0 Å². The highest BCUT2D eigenvalue weighted by atomic mass is 32.2. The number of ether oxygens (including phenoxy) is 2. The maximum atomic E-state index is 12.1. The molecule has 2 aromatic carbocycles. The minimum absolute atomic E-state index is 0.580. The van der Waals surface area contributed by atoms with E-state index in [4.69, 9.17) is 9.47 Å². The first kappa shape index (κ1) is 16.5. The molecule has 0 aliphatic rings. The molecule has 1 atom stereocenters. The van der Waals surface area contributed by atoms with E-state index < -0.39 is 10.8 Å². The molecule has 4 nitrogen and oxygen atoms in total. The number of hydrogen-bond donors (Lipinski definition) is 1. The second kappa shape index (κ2) is 8.56. The minimum Gasteiger partial charge on any atom is -0.497 e. The molecular weight excluding hydrogens is 298 g/mol. The maximum absolute atomic E-state index is 12.1. The van der Waals surface area contributed by atoms with E-state index in [0.29, 0.717) is 18.8 Å². The van der Waals surface area contributed by atoms with Gasteiger partial charge < -0.3 is 14.8 Å². The first-order valence-electron chi connectivity index (χ1n) is 7.09. The molecule has 2 aromatic rings. The van der Waals surface area contributed by atoms with Crippen molar-refractivity contribution >= 4 is 10.8 Å². The molecule has 1 N–H and O–H groups in total. The van der Waals surface area contributed by atoms with Gasteiger partial charge in [-0.2, -0.15) is 0 Å². The molecule has 2 rings (SSSR count). The lowest BCUT2D eigenvalue weighted by Gasteiger charge is -2.11. The van der Waals surface area contributed by atoms with Crippen LogP contribution in [0.2, 0.25) is 0 Å². The van der Waals surface area contributed by atoms with E-state index in [1.54, 1.807) is 14.2 Å². The molecule has 0 aliphatic heterocycles. The van der Waals surface area contributed by atoms with Crippen molar-refractivity contribution in [3.63, 3.8) is 0 Å². The van der Waals surface area contributed by atoms with Crippen LogP contribution in [-0.4, -0.2) is 30.7 Å². The highest BCUT2D eigenvalue weighted by molar-refractivity contribution is 7.85. The second-order valence-corrected chi connectivity index (χ2v) is 6.29. The molecule has 0 bridgehead atoms. The largest absolute Gasteiger partial charge is 0.497 e. The zero-order chi connectivity index (χ0) is 15.8. The lowest BCUT2D eigenvalue weighted by Crippen LogP contribution is -2.20. The van der Waals surface area contributed by atoms with Crippen molar-refractivity contribution in [2.75, 3.05) is 26.5 Å². The van der Waals surface area contributed by atoms with Crippen LogP contribution >= 0.6 is 0 Å². The summed E-state index contributed by atoms with van der Waals surface area (Å²) in [4.78, 5) is 0.864. The van der Waals surface area contributed by atoms with E-state index >= 15 is 0 Å². The lowest BCUT2D eigenvalue weighted by atomic mass is 10.2. The van der Waals surface area contributed by atoms with Gasteiger partial charge in [-0.1, -0.05) is 18.2 Å². The monoisotopic (exact) mass is 319 g/mol. The summed E-state index contributed by atoms with van der Waals surface area (Å²) in [5, 5.41) is 3.30. The molecule has 22 heavy (non-hydrogen) atoms. The van der Waals surface area contributed by atoms with Gasteiger partial charge in [0.1, 0.15) is 11.5 Å². The molecule has 1 unspecified atom stereocenters. The van der Waals surface area contributed by atoms with Crippen molar-refractivity contribution < 1.29 is 13.7 Å². The molecule has 118 valence electrons. The summed E-state index contributed by atoms with van der Waals surface area (Å²) in [5.74, 6) is 2.19. The Morgan fingerprint density at radius 3 is 2.50 bits per heavy atom. The number of benzene rings is 2. The Morgan fingerprint density at radius 2 is 1.82 bits per heavy atom. The summed E-state index contributed by atoms with van der Waals surface area (Å²) in [6, 6.07) is 15.2. The van der Waals surface area contributed by atoms with Crippen LogP contribution in [0.1, 0.15) is 5.56 Å². The topological polar surface area (TPSA) is 47.6 Å². The summed E-state index contributed by atoms with van der Waals surface area (Å²) < 4.78 is 22.7. The van der Waals surface area contributed by atoms with Crippen molar-refractivity contribution in [1.82, 2.24) is 5.32 Å². The molecule has 0 aromatic heterocycles. The van der Waals surface area contributed by atoms with E-state index in [9.17, 15) is 4.21 Å².